The average Bonchev–Trinajstić information content (AvgIpc) is 2.98. The maximum atomic E-state index is 5.91. The van der Waals surface area contributed by atoms with Gasteiger partial charge in [-0.2, -0.15) is 0 Å². The van der Waals surface area contributed by atoms with Gasteiger partial charge in [0.2, 0.25) is 0 Å². The van der Waals surface area contributed by atoms with Crippen molar-refractivity contribution in [1.29, 1.82) is 0 Å². The minimum absolute atomic E-state index is 0.810. The summed E-state index contributed by atoms with van der Waals surface area (Å²) in [4.78, 5) is 0. The van der Waals surface area contributed by atoms with Gasteiger partial charge in [-0.3, -0.25) is 0 Å². The fourth-order valence-corrected chi connectivity index (χ4v) is 4.96. The number of rotatable bonds is 8. The second-order valence-electron chi connectivity index (χ2n) is 4.11. The van der Waals surface area contributed by atoms with E-state index in [2.05, 4.69) is 20.8 Å². The van der Waals surface area contributed by atoms with Gasteiger partial charge in [0, 0.05) is 13.2 Å². The molecule has 0 unspecified atom stereocenters. The van der Waals surface area contributed by atoms with Crippen LogP contribution in [0.2, 0.25) is 12.1 Å². The zero-order valence-electron chi connectivity index (χ0n) is 9.84. The van der Waals surface area contributed by atoms with Crippen LogP contribution in [0.5, 0.6) is 0 Å². The summed E-state index contributed by atoms with van der Waals surface area (Å²) < 4.78 is 11.8. The van der Waals surface area contributed by atoms with E-state index in [0.717, 1.165) is 25.2 Å². The summed E-state index contributed by atoms with van der Waals surface area (Å²) in [6.45, 7) is 7.99. The summed E-state index contributed by atoms with van der Waals surface area (Å²) >= 11 is 0. The van der Waals surface area contributed by atoms with Gasteiger partial charge in [0.1, 0.15) is 0 Å². The molecule has 1 saturated carbocycles. The molecule has 1 fully saturated rings. The highest BCUT2D eigenvalue weighted by Gasteiger charge is 2.36. The van der Waals surface area contributed by atoms with Crippen LogP contribution in [0.1, 0.15) is 40.0 Å². The standard InChI is InChI=1S/C11H24O2Si/c1-4-12-14(6-3,13-5-2)10-9-11-7-8-11/h11H,4-10H2,1-3H3. The first-order valence-corrected chi connectivity index (χ1v) is 8.27. The first kappa shape index (κ1) is 12.2. The fraction of sp³-hybridized carbons (Fsp3) is 1.00. The largest absolute Gasteiger partial charge is 0.394 e. The van der Waals surface area contributed by atoms with E-state index in [-0.39, 0.29) is 0 Å². The normalized spacial score (nSPS) is 17.4. The Kier molecular flexibility index (Phi) is 5.13. The maximum absolute atomic E-state index is 5.91. The van der Waals surface area contributed by atoms with E-state index in [4.69, 9.17) is 8.85 Å². The molecule has 0 atom stereocenters. The molecule has 0 N–H and O–H groups in total. The van der Waals surface area contributed by atoms with E-state index in [1.165, 1.54) is 25.3 Å². The van der Waals surface area contributed by atoms with Gasteiger partial charge >= 0.3 is 8.56 Å². The SMILES string of the molecule is CCO[Si](CC)(CCC1CC1)OCC. The molecule has 3 heteroatoms. The molecule has 0 amide bonds. The van der Waals surface area contributed by atoms with Gasteiger partial charge in [-0.15, -0.1) is 0 Å². The van der Waals surface area contributed by atoms with E-state index in [0.29, 0.717) is 0 Å². The molecule has 0 spiro atoms. The lowest BCUT2D eigenvalue weighted by molar-refractivity contribution is 0.182. The predicted molar refractivity (Wildman–Crippen MR) is 61.6 cm³/mol. The van der Waals surface area contributed by atoms with Crippen LogP contribution < -0.4 is 0 Å². The molecule has 1 rings (SSSR count). The average molecular weight is 216 g/mol. The Labute approximate surface area is 89.2 Å². The van der Waals surface area contributed by atoms with Gasteiger partial charge in [0.25, 0.3) is 0 Å². The highest BCUT2D eigenvalue weighted by Crippen LogP contribution is 2.36. The third kappa shape index (κ3) is 3.71. The molecule has 84 valence electrons. The third-order valence-electron chi connectivity index (χ3n) is 2.98. The van der Waals surface area contributed by atoms with Crippen molar-refractivity contribution in [3.63, 3.8) is 0 Å². The van der Waals surface area contributed by atoms with Gasteiger partial charge < -0.3 is 8.85 Å². The van der Waals surface area contributed by atoms with E-state index in [1.807, 2.05) is 0 Å². The number of hydrogen-bond donors (Lipinski definition) is 0. The van der Waals surface area contributed by atoms with Crippen LogP contribution in [0.3, 0.4) is 0 Å². The predicted octanol–water partition coefficient (Wildman–Crippen LogP) is 3.32. The Morgan fingerprint density at radius 2 is 1.64 bits per heavy atom. The highest BCUT2D eigenvalue weighted by atomic mass is 28.4. The molecule has 0 heterocycles. The van der Waals surface area contributed by atoms with Crippen molar-refractivity contribution >= 4 is 8.56 Å². The minimum Gasteiger partial charge on any atom is -0.394 e. The van der Waals surface area contributed by atoms with E-state index >= 15 is 0 Å². The first-order valence-electron chi connectivity index (χ1n) is 6.04. The Hall–Kier alpha value is 0.137. The molecule has 0 saturated heterocycles. The molecule has 14 heavy (non-hydrogen) atoms. The van der Waals surface area contributed by atoms with Crippen molar-refractivity contribution in [2.75, 3.05) is 13.2 Å². The molecular weight excluding hydrogens is 192 g/mol. The monoisotopic (exact) mass is 216 g/mol. The Balaban J connectivity index is 2.37. The van der Waals surface area contributed by atoms with Crippen molar-refractivity contribution < 1.29 is 8.85 Å². The van der Waals surface area contributed by atoms with Crippen molar-refractivity contribution in [1.82, 2.24) is 0 Å². The van der Waals surface area contributed by atoms with Crippen LogP contribution in [0, 0.1) is 5.92 Å². The number of hydrogen-bond acceptors (Lipinski definition) is 2. The van der Waals surface area contributed by atoms with Crippen LogP contribution >= 0.6 is 0 Å². The molecule has 0 radical (unpaired) electrons. The summed E-state index contributed by atoms with van der Waals surface area (Å²) in [5, 5.41) is 0. The Morgan fingerprint density at radius 3 is 2.00 bits per heavy atom. The molecule has 1 aliphatic rings. The summed E-state index contributed by atoms with van der Waals surface area (Å²) in [5.74, 6) is 0.995. The Bertz CT molecular complexity index is 151. The summed E-state index contributed by atoms with van der Waals surface area (Å²) in [6, 6.07) is 2.30. The van der Waals surface area contributed by atoms with Gasteiger partial charge in [-0.1, -0.05) is 19.8 Å². The van der Waals surface area contributed by atoms with E-state index in [9.17, 15) is 0 Å². The lowest BCUT2D eigenvalue weighted by Gasteiger charge is -2.28. The molecule has 0 aromatic rings. The molecular formula is C11H24O2Si. The van der Waals surface area contributed by atoms with Crippen LogP contribution in [0.15, 0.2) is 0 Å². The van der Waals surface area contributed by atoms with Gasteiger partial charge in [0.15, 0.2) is 0 Å². The zero-order valence-corrected chi connectivity index (χ0v) is 10.8. The van der Waals surface area contributed by atoms with Crippen LogP contribution in [0.25, 0.3) is 0 Å². The molecule has 0 aliphatic heterocycles. The van der Waals surface area contributed by atoms with Gasteiger partial charge in [0.05, 0.1) is 0 Å². The van der Waals surface area contributed by atoms with Crippen LogP contribution in [0.4, 0.5) is 0 Å². The van der Waals surface area contributed by atoms with E-state index in [1.54, 1.807) is 0 Å². The third-order valence-corrected chi connectivity index (χ3v) is 6.74. The van der Waals surface area contributed by atoms with Crippen LogP contribution in [-0.4, -0.2) is 21.8 Å². The Morgan fingerprint density at radius 1 is 1.07 bits per heavy atom. The minimum atomic E-state index is -1.79. The second-order valence-corrected chi connectivity index (χ2v) is 7.72. The quantitative estimate of drug-likeness (QED) is 0.579. The van der Waals surface area contributed by atoms with Crippen molar-refractivity contribution in [2.24, 2.45) is 5.92 Å². The second kappa shape index (κ2) is 5.88. The van der Waals surface area contributed by atoms with Crippen LogP contribution in [-0.2, 0) is 8.85 Å². The van der Waals surface area contributed by atoms with E-state index < -0.39 is 8.56 Å². The van der Waals surface area contributed by atoms with Crippen molar-refractivity contribution in [3.05, 3.63) is 0 Å². The smallest absolute Gasteiger partial charge is 0.337 e. The molecule has 0 aromatic carbocycles. The topological polar surface area (TPSA) is 18.5 Å². The maximum Gasteiger partial charge on any atom is 0.337 e. The lowest BCUT2D eigenvalue weighted by Crippen LogP contribution is -2.41. The van der Waals surface area contributed by atoms with Gasteiger partial charge in [-0.25, -0.2) is 0 Å². The highest BCUT2D eigenvalue weighted by molar-refractivity contribution is 6.67. The molecule has 1 aliphatic carbocycles. The summed E-state index contributed by atoms with van der Waals surface area (Å²) in [6.07, 6.45) is 4.21. The summed E-state index contributed by atoms with van der Waals surface area (Å²) in [7, 11) is -1.79. The lowest BCUT2D eigenvalue weighted by atomic mass is 10.3. The first-order chi connectivity index (χ1) is 6.76. The summed E-state index contributed by atoms with van der Waals surface area (Å²) in [5.41, 5.74) is 0. The van der Waals surface area contributed by atoms with Crippen molar-refractivity contribution in [2.45, 2.75) is 52.1 Å². The van der Waals surface area contributed by atoms with Gasteiger partial charge in [-0.05, 0) is 38.3 Å². The molecule has 0 bridgehead atoms. The fourth-order valence-electron chi connectivity index (χ4n) is 1.92. The molecule has 2 nitrogen and oxygen atoms in total. The zero-order chi connectivity index (χ0) is 10.4. The molecule has 0 aromatic heterocycles. The van der Waals surface area contributed by atoms with Crippen molar-refractivity contribution in [3.8, 4) is 0 Å².